The lowest BCUT2D eigenvalue weighted by molar-refractivity contribution is 0.503. The van der Waals surface area contributed by atoms with Crippen molar-refractivity contribution in [2.75, 3.05) is 11.4 Å². The van der Waals surface area contributed by atoms with Crippen molar-refractivity contribution in [1.29, 1.82) is 5.26 Å². The van der Waals surface area contributed by atoms with Gasteiger partial charge >= 0.3 is 0 Å². The molecule has 0 aromatic carbocycles. The van der Waals surface area contributed by atoms with Crippen molar-refractivity contribution < 1.29 is 4.42 Å². The Kier molecular flexibility index (Phi) is 3.41. The molecule has 4 heteroatoms. The third-order valence-electron chi connectivity index (χ3n) is 2.51. The Labute approximate surface area is 100 Å². The Hall–Kier alpha value is -2.28. The summed E-state index contributed by atoms with van der Waals surface area (Å²) in [6.45, 7) is 3.51. The number of pyridine rings is 1. The van der Waals surface area contributed by atoms with Crippen molar-refractivity contribution in [3.8, 4) is 6.07 Å². The lowest BCUT2D eigenvalue weighted by Gasteiger charge is -2.20. The van der Waals surface area contributed by atoms with Crippen LogP contribution in [0.2, 0.25) is 0 Å². The Morgan fingerprint density at radius 2 is 2.35 bits per heavy atom. The molecule has 0 atom stereocenters. The van der Waals surface area contributed by atoms with Crippen molar-refractivity contribution in [2.24, 2.45) is 0 Å². The van der Waals surface area contributed by atoms with Crippen molar-refractivity contribution >= 4 is 5.82 Å². The zero-order chi connectivity index (χ0) is 12.1. The highest BCUT2D eigenvalue weighted by molar-refractivity contribution is 5.44. The fraction of sp³-hybridized carbons (Fsp3) is 0.231. The molecule has 2 aromatic heterocycles. The quantitative estimate of drug-likeness (QED) is 0.805. The van der Waals surface area contributed by atoms with E-state index < -0.39 is 0 Å². The highest BCUT2D eigenvalue weighted by Gasteiger charge is 2.08. The van der Waals surface area contributed by atoms with Crippen LogP contribution < -0.4 is 4.90 Å². The molecule has 0 fully saturated rings. The number of anilines is 1. The van der Waals surface area contributed by atoms with Gasteiger partial charge in [0, 0.05) is 12.7 Å². The van der Waals surface area contributed by atoms with Crippen LogP contribution in [0.3, 0.4) is 0 Å². The Morgan fingerprint density at radius 3 is 3.00 bits per heavy atom. The molecule has 0 saturated carbocycles. The fourth-order valence-corrected chi connectivity index (χ4v) is 1.61. The van der Waals surface area contributed by atoms with E-state index in [2.05, 4.69) is 16.0 Å². The molecule has 86 valence electrons. The van der Waals surface area contributed by atoms with Crippen molar-refractivity contribution in [2.45, 2.75) is 13.5 Å². The molecule has 0 bridgehead atoms. The molecule has 0 saturated heterocycles. The molecule has 0 aliphatic heterocycles. The first-order valence-corrected chi connectivity index (χ1v) is 5.47. The van der Waals surface area contributed by atoms with Gasteiger partial charge in [0.1, 0.15) is 11.6 Å². The molecule has 0 aliphatic carbocycles. The molecule has 2 rings (SSSR count). The molecule has 2 heterocycles. The maximum Gasteiger partial charge on any atom is 0.130 e. The maximum atomic E-state index is 8.86. The lowest BCUT2D eigenvalue weighted by atomic mass is 10.2. The van der Waals surface area contributed by atoms with E-state index in [1.165, 1.54) is 0 Å². The van der Waals surface area contributed by atoms with Crippen LogP contribution >= 0.6 is 0 Å². The van der Waals surface area contributed by atoms with Crippen LogP contribution in [-0.2, 0) is 6.54 Å². The van der Waals surface area contributed by atoms with Gasteiger partial charge in [-0.25, -0.2) is 4.98 Å². The van der Waals surface area contributed by atoms with E-state index in [1.54, 1.807) is 24.6 Å². The van der Waals surface area contributed by atoms with Gasteiger partial charge in [0.2, 0.25) is 0 Å². The second-order valence-electron chi connectivity index (χ2n) is 3.61. The molecule has 0 N–H and O–H groups in total. The standard InChI is InChI=1S/C13H13N3O/c1-2-16(10-12-4-3-7-17-12)13-8-11(9-14)5-6-15-13/h3-8H,2,10H2,1H3. The minimum atomic E-state index is 0.618. The zero-order valence-corrected chi connectivity index (χ0v) is 9.63. The van der Waals surface area contributed by atoms with Crippen molar-refractivity contribution in [3.63, 3.8) is 0 Å². The van der Waals surface area contributed by atoms with Gasteiger partial charge in [0.15, 0.2) is 0 Å². The van der Waals surface area contributed by atoms with Gasteiger partial charge in [-0.2, -0.15) is 5.26 Å². The van der Waals surface area contributed by atoms with Crippen molar-refractivity contribution in [3.05, 3.63) is 48.0 Å². The molecule has 0 unspecified atom stereocenters. The Balaban J connectivity index is 2.20. The molecule has 0 amide bonds. The van der Waals surface area contributed by atoms with Crippen LogP contribution in [0.4, 0.5) is 5.82 Å². The van der Waals surface area contributed by atoms with E-state index in [1.807, 2.05) is 19.1 Å². The first-order chi connectivity index (χ1) is 8.33. The molecule has 0 aliphatic rings. The molecule has 4 nitrogen and oxygen atoms in total. The van der Waals surface area contributed by atoms with Crippen LogP contribution in [0.25, 0.3) is 0 Å². The Bertz CT molecular complexity index is 514. The number of furan rings is 1. The van der Waals surface area contributed by atoms with Gasteiger partial charge in [-0.15, -0.1) is 0 Å². The zero-order valence-electron chi connectivity index (χ0n) is 9.63. The van der Waals surface area contributed by atoms with Gasteiger partial charge < -0.3 is 9.32 Å². The summed E-state index contributed by atoms with van der Waals surface area (Å²) in [4.78, 5) is 6.33. The van der Waals surface area contributed by atoms with Crippen LogP contribution in [0.15, 0.2) is 41.1 Å². The molecule has 0 radical (unpaired) electrons. The van der Waals surface area contributed by atoms with E-state index in [4.69, 9.17) is 9.68 Å². The monoisotopic (exact) mass is 227 g/mol. The largest absolute Gasteiger partial charge is 0.467 e. The van der Waals surface area contributed by atoms with Crippen LogP contribution in [0.1, 0.15) is 18.2 Å². The molecular formula is C13H13N3O. The smallest absolute Gasteiger partial charge is 0.130 e. The van der Waals surface area contributed by atoms with E-state index in [-0.39, 0.29) is 0 Å². The SMILES string of the molecule is CCN(Cc1ccco1)c1cc(C#N)ccn1. The number of hydrogen-bond acceptors (Lipinski definition) is 4. The van der Waals surface area contributed by atoms with Gasteiger partial charge in [0.05, 0.1) is 24.4 Å². The predicted molar refractivity (Wildman–Crippen MR) is 64.4 cm³/mol. The summed E-state index contributed by atoms with van der Waals surface area (Å²) in [7, 11) is 0. The Morgan fingerprint density at radius 1 is 1.47 bits per heavy atom. The summed E-state index contributed by atoms with van der Waals surface area (Å²) < 4.78 is 5.31. The maximum absolute atomic E-state index is 8.86. The van der Waals surface area contributed by atoms with Crippen LogP contribution in [0.5, 0.6) is 0 Å². The number of rotatable bonds is 4. The third kappa shape index (κ3) is 2.64. The van der Waals surface area contributed by atoms with Crippen LogP contribution in [0, 0.1) is 11.3 Å². The van der Waals surface area contributed by atoms with E-state index in [0.717, 1.165) is 18.1 Å². The minimum absolute atomic E-state index is 0.618. The summed E-state index contributed by atoms with van der Waals surface area (Å²) in [6.07, 6.45) is 3.31. The van der Waals surface area contributed by atoms with E-state index in [0.29, 0.717) is 12.1 Å². The summed E-state index contributed by atoms with van der Waals surface area (Å²) in [5.74, 6) is 1.68. The van der Waals surface area contributed by atoms with E-state index >= 15 is 0 Å². The summed E-state index contributed by atoms with van der Waals surface area (Å²) in [5.41, 5.74) is 0.618. The first kappa shape index (κ1) is 11.2. The number of aromatic nitrogens is 1. The summed E-state index contributed by atoms with van der Waals surface area (Å²) >= 11 is 0. The third-order valence-corrected chi connectivity index (χ3v) is 2.51. The summed E-state index contributed by atoms with van der Waals surface area (Å²) in [5, 5.41) is 8.86. The topological polar surface area (TPSA) is 53.1 Å². The highest BCUT2D eigenvalue weighted by Crippen LogP contribution is 2.15. The first-order valence-electron chi connectivity index (χ1n) is 5.47. The van der Waals surface area contributed by atoms with Gasteiger partial charge in [-0.1, -0.05) is 0 Å². The number of hydrogen-bond donors (Lipinski definition) is 0. The van der Waals surface area contributed by atoms with Gasteiger partial charge in [-0.05, 0) is 31.2 Å². The molecule has 2 aromatic rings. The predicted octanol–water partition coefficient (Wildman–Crippen LogP) is 2.57. The van der Waals surface area contributed by atoms with Crippen LogP contribution in [-0.4, -0.2) is 11.5 Å². The lowest BCUT2D eigenvalue weighted by Crippen LogP contribution is -2.22. The highest BCUT2D eigenvalue weighted by atomic mass is 16.3. The second-order valence-corrected chi connectivity index (χ2v) is 3.61. The molecular weight excluding hydrogens is 214 g/mol. The number of nitrogens with zero attached hydrogens (tertiary/aromatic N) is 3. The average Bonchev–Trinajstić information content (AvgIpc) is 2.89. The van der Waals surface area contributed by atoms with Gasteiger partial charge in [0.25, 0.3) is 0 Å². The second kappa shape index (κ2) is 5.17. The normalized spacial score (nSPS) is 9.88. The van der Waals surface area contributed by atoms with E-state index in [9.17, 15) is 0 Å². The summed E-state index contributed by atoms with van der Waals surface area (Å²) in [6, 6.07) is 9.39. The van der Waals surface area contributed by atoms with Crippen molar-refractivity contribution in [1.82, 2.24) is 4.98 Å². The molecule has 0 spiro atoms. The van der Waals surface area contributed by atoms with Gasteiger partial charge in [-0.3, -0.25) is 0 Å². The molecule has 17 heavy (non-hydrogen) atoms. The number of nitriles is 1. The average molecular weight is 227 g/mol. The minimum Gasteiger partial charge on any atom is -0.467 e. The fourth-order valence-electron chi connectivity index (χ4n) is 1.61.